The fourth-order valence-electron chi connectivity index (χ4n) is 11.5. The van der Waals surface area contributed by atoms with Gasteiger partial charge in [0.05, 0.1) is 22.4 Å². The molecule has 0 aliphatic rings. The summed E-state index contributed by atoms with van der Waals surface area (Å²) in [5.74, 6) is 2.36. The van der Waals surface area contributed by atoms with Crippen LogP contribution in [0.15, 0.2) is 174 Å². The molecule has 0 spiro atoms. The molecule has 0 amide bonds. The van der Waals surface area contributed by atoms with Gasteiger partial charge in [0, 0.05) is 43.2 Å². The van der Waals surface area contributed by atoms with Gasteiger partial charge in [-0.3, -0.25) is 9.37 Å². The molecule has 0 aliphatic heterocycles. The van der Waals surface area contributed by atoms with Crippen molar-refractivity contribution >= 4 is 54.5 Å². The Labute approximate surface area is 491 Å². The fraction of sp³-hybridized carbons (Fsp3) is 0.253. The predicted molar refractivity (Wildman–Crippen MR) is 336 cm³/mol. The second kappa shape index (κ2) is 22.8. The first-order valence-electron chi connectivity index (χ1n) is 28.6. The third kappa shape index (κ3) is 10.9. The molecule has 0 aliphatic carbocycles. The minimum atomic E-state index is -0.278. The van der Waals surface area contributed by atoms with E-state index in [-0.39, 0.29) is 43.2 Å². The summed E-state index contributed by atoms with van der Waals surface area (Å²) in [5, 5.41) is 7.00. The normalized spacial score (nSPS) is 12.0. The Kier molecular flexibility index (Phi) is 16.0. The number of benzene rings is 9. The molecule has 81 heavy (non-hydrogen) atoms. The van der Waals surface area contributed by atoms with Crippen LogP contribution in [-0.4, -0.2) is 14.5 Å². The standard InChI is InChI=1S/C60H57N2O.C15H15FN.Ir/c1-34(2)43-29-48(35(3)4)57(49(30-43)36(5)6)41-25-22-39(23-26-41)44-31-50(37(7)8)58(51(32-44)38(9)10)62-55-21-14-13-20-54(55)61-60(62)47-19-15-18-46-53-28-42-27-24-40-16-11-12-17-45(40)52(42)33-56(53)63-59(46)47;1-15(2,3)12-6-9-14(17-10-12)11-4-7-13(16)8-5-11;/h11-18,20-38H,1-10H3;4,6-10H,1-3H3;/q2*-1;. The number of imidazole rings is 1. The van der Waals surface area contributed by atoms with Crippen LogP contribution in [0.1, 0.15) is 153 Å². The molecule has 0 unspecified atom stereocenters. The molecule has 9 aromatic carbocycles. The van der Waals surface area contributed by atoms with E-state index in [1.807, 2.05) is 18.3 Å². The topological polar surface area (TPSA) is 43.9 Å². The van der Waals surface area contributed by atoms with E-state index in [1.54, 1.807) is 6.07 Å². The minimum absolute atomic E-state index is 0. The first-order chi connectivity index (χ1) is 38.3. The number of aromatic nitrogens is 3. The van der Waals surface area contributed by atoms with Crippen molar-refractivity contribution in [3.63, 3.8) is 0 Å². The Morgan fingerprint density at radius 3 is 1.80 bits per heavy atom. The first-order valence-corrected chi connectivity index (χ1v) is 28.6. The summed E-state index contributed by atoms with van der Waals surface area (Å²) in [6, 6.07) is 64.3. The van der Waals surface area contributed by atoms with Gasteiger partial charge in [-0.25, -0.2) is 0 Å². The van der Waals surface area contributed by atoms with Gasteiger partial charge in [0.15, 0.2) is 0 Å². The number of fused-ring (bicyclic) bond motifs is 7. The molecule has 0 atom stereocenters. The van der Waals surface area contributed by atoms with Gasteiger partial charge in [0.1, 0.15) is 5.58 Å². The molecular weight excluding hydrogens is 1170 g/mol. The van der Waals surface area contributed by atoms with Crippen LogP contribution < -0.4 is 0 Å². The number of pyridine rings is 1. The summed E-state index contributed by atoms with van der Waals surface area (Å²) in [6.07, 6.45) is 1.87. The molecular formula is C75H72FIrN3O-2. The van der Waals surface area contributed by atoms with Gasteiger partial charge in [-0.1, -0.05) is 198 Å². The molecule has 6 heteroatoms. The molecule has 411 valence electrons. The first kappa shape index (κ1) is 56.8. The number of hydrogen-bond acceptors (Lipinski definition) is 3. The summed E-state index contributed by atoms with van der Waals surface area (Å²) >= 11 is 0. The zero-order valence-electron chi connectivity index (χ0n) is 49.0. The molecule has 1 radical (unpaired) electrons. The van der Waals surface area contributed by atoms with E-state index in [0.29, 0.717) is 17.8 Å². The van der Waals surface area contributed by atoms with Crippen LogP contribution in [0.4, 0.5) is 4.39 Å². The van der Waals surface area contributed by atoms with Gasteiger partial charge in [-0.2, -0.15) is 0 Å². The Morgan fingerprint density at radius 2 is 1.19 bits per heavy atom. The van der Waals surface area contributed by atoms with Crippen LogP contribution in [-0.2, 0) is 25.5 Å². The zero-order chi connectivity index (χ0) is 56.3. The van der Waals surface area contributed by atoms with Crippen molar-refractivity contribution in [3.05, 3.63) is 221 Å². The molecule has 12 aromatic rings. The van der Waals surface area contributed by atoms with E-state index in [2.05, 4.69) is 245 Å². The Hall–Kier alpha value is -7.50. The summed E-state index contributed by atoms with van der Waals surface area (Å²) in [4.78, 5) is 9.81. The molecule has 0 bridgehead atoms. The maximum atomic E-state index is 12.8. The van der Waals surface area contributed by atoms with Gasteiger partial charge < -0.3 is 14.0 Å². The third-order valence-electron chi connectivity index (χ3n) is 16.0. The van der Waals surface area contributed by atoms with Crippen LogP contribution in [0.5, 0.6) is 0 Å². The average Bonchev–Trinajstić information content (AvgIpc) is 4.28. The number of halogens is 1. The number of furan rings is 1. The molecule has 12 rings (SSSR count). The van der Waals surface area contributed by atoms with Crippen LogP contribution in [0.25, 0.3) is 105 Å². The number of para-hydroxylation sites is 2. The number of hydrogen-bond donors (Lipinski definition) is 0. The second-order valence-electron chi connectivity index (χ2n) is 24.3. The Morgan fingerprint density at radius 1 is 0.543 bits per heavy atom. The van der Waals surface area contributed by atoms with E-state index in [4.69, 9.17) is 9.40 Å². The van der Waals surface area contributed by atoms with Gasteiger partial charge in [-0.05, 0) is 154 Å². The molecule has 4 nitrogen and oxygen atoms in total. The molecule has 0 N–H and O–H groups in total. The van der Waals surface area contributed by atoms with Crippen LogP contribution in [0, 0.1) is 17.9 Å². The molecule has 0 saturated carbocycles. The van der Waals surface area contributed by atoms with E-state index >= 15 is 0 Å². The summed E-state index contributed by atoms with van der Waals surface area (Å²) in [7, 11) is 0. The maximum Gasteiger partial charge on any atom is 0.121 e. The Balaban J connectivity index is 0.000000350. The monoisotopic (exact) mass is 1240 g/mol. The Bertz CT molecular complexity index is 4190. The average molecular weight is 1240 g/mol. The van der Waals surface area contributed by atoms with Crippen molar-refractivity contribution in [1.29, 1.82) is 0 Å². The van der Waals surface area contributed by atoms with Gasteiger partial charge in [-0.15, -0.1) is 48.0 Å². The summed E-state index contributed by atoms with van der Waals surface area (Å²) in [5.41, 5.74) is 20.7. The van der Waals surface area contributed by atoms with Crippen LogP contribution in [0.2, 0.25) is 0 Å². The van der Waals surface area contributed by atoms with Crippen molar-refractivity contribution in [3.8, 4) is 50.6 Å². The van der Waals surface area contributed by atoms with E-state index in [0.717, 1.165) is 55.6 Å². The van der Waals surface area contributed by atoms with Gasteiger partial charge in [0.25, 0.3) is 0 Å². The van der Waals surface area contributed by atoms with Crippen molar-refractivity contribution in [2.75, 3.05) is 0 Å². The largest absolute Gasteiger partial charge is 0.501 e. The van der Waals surface area contributed by atoms with Gasteiger partial charge in [0.2, 0.25) is 0 Å². The van der Waals surface area contributed by atoms with E-state index in [1.165, 1.54) is 95.0 Å². The van der Waals surface area contributed by atoms with Crippen LogP contribution in [0.3, 0.4) is 0 Å². The molecule has 3 aromatic heterocycles. The smallest absolute Gasteiger partial charge is 0.121 e. The molecule has 0 fully saturated rings. The van der Waals surface area contributed by atoms with E-state index < -0.39 is 0 Å². The van der Waals surface area contributed by atoms with Crippen LogP contribution >= 0.6 is 0 Å². The molecule has 3 heterocycles. The van der Waals surface area contributed by atoms with Gasteiger partial charge >= 0.3 is 0 Å². The van der Waals surface area contributed by atoms with Crippen molar-refractivity contribution in [1.82, 2.24) is 14.5 Å². The molecule has 0 saturated heterocycles. The summed E-state index contributed by atoms with van der Waals surface area (Å²) in [6.45, 7) is 29.6. The maximum absolute atomic E-state index is 12.8. The zero-order valence-corrected chi connectivity index (χ0v) is 51.4. The quantitative estimate of drug-likeness (QED) is 0.101. The minimum Gasteiger partial charge on any atom is -0.501 e. The second-order valence-corrected chi connectivity index (χ2v) is 24.3. The number of nitrogens with zero attached hydrogens (tertiary/aromatic N) is 3. The fourth-order valence-corrected chi connectivity index (χ4v) is 11.5. The third-order valence-corrected chi connectivity index (χ3v) is 16.0. The number of rotatable bonds is 10. The van der Waals surface area contributed by atoms with E-state index in [9.17, 15) is 4.39 Å². The van der Waals surface area contributed by atoms with Crippen molar-refractivity contribution in [2.45, 2.75) is 125 Å². The van der Waals surface area contributed by atoms with Crippen molar-refractivity contribution in [2.24, 2.45) is 0 Å². The summed E-state index contributed by atoms with van der Waals surface area (Å²) < 4.78 is 22.1. The SMILES string of the molecule is CC(C)(C)c1ccc(-c2[c-]cc(F)cc2)nc1.CC(C)c1cc(C(C)C)c(-c2ccc(-c3cc(C(C)C)c(-n4c(-c5[c-]ccc6c5oc5cc7c(ccc8ccccc87)cc56)nc5ccccc54)c(C(C)C)c3)cc2)c(C(C)C)c1.[Ir]. The van der Waals surface area contributed by atoms with Crippen molar-refractivity contribution < 1.29 is 28.9 Å². The predicted octanol–water partition coefficient (Wildman–Crippen LogP) is 21.6.